The minimum Gasteiger partial charge on any atom is -0.444 e. The van der Waals surface area contributed by atoms with Crippen LogP contribution in [0.25, 0.3) is 11.3 Å². The normalized spacial score (nSPS) is 15.2. The van der Waals surface area contributed by atoms with Gasteiger partial charge in [0.15, 0.2) is 5.82 Å². The van der Waals surface area contributed by atoms with Gasteiger partial charge in [0, 0.05) is 37.1 Å². The highest BCUT2D eigenvalue weighted by Crippen LogP contribution is 2.35. The largest absolute Gasteiger partial charge is 0.444 e. The third-order valence-corrected chi connectivity index (χ3v) is 8.36. The lowest BCUT2D eigenvalue weighted by Gasteiger charge is -2.34. The first kappa shape index (κ1) is 32.6. The number of sulfonamides is 1. The van der Waals surface area contributed by atoms with Crippen molar-refractivity contribution in [1.82, 2.24) is 19.9 Å². The molecule has 242 valence electrons. The van der Waals surface area contributed by atoms with Crippen LogP contribution in [-0.4, -0.2) is 59.1 Å². The van der Waals surface area contributed by atoms with Crippen molar-refractivity contribution >= 4 is 27.8 Å². The van der Waals surface area contributed by atoms with E-state index in [1.165, 1.54) is 19.1 Å². The van der Waals surface area contributed by atoms with Gasteiger partial charge in [-0.3, -0.25) is 4.72 Å². The maximum atomic E-state index is 15.4. The zero-order chi connectivity index (χ0) is 32.9. The van der Waals surface area contributed by atoms with Crippen molar-refractivity contribution < 1.29 is 27.1 Å². The Balaban J connectivity index is 1.30. The van der Waals surface area contributed by atoms with Gasteiger partial charge in [0.05, 0.1) is 22.7 Å². The molecule has 1 saturated heterocycles. The van der Waals surface area contributed by atoms with Crippen LogP contribution < -0.4 is 14.8 Å². The van der Waals surface area contributed by atoms with Crippen molar-refractivity contribution in [1.29, 1.82) is 0 Å². The predicted octanol–water partition coefficient (Wildman–Crippen LogP) is 6.53. The average molecular weight is 649 g/mol. The Hall–Kier alpha value is -4.78. The van der Waals surface area contributed by atoms with E-state index in [1.54, 1.807) is 65.8 Å². The molecule has 1 aliphatic rings. The summed E-state index contributed by atoms with van der Waals surface area (Å²) in [6.45, 7) is 8.08. The highest BCUT2D eigenvalue weighted by molar-refractivity contribution is 7.91. The zero-order valence-electron chi connectivity index (χ0n) is 26.2. The summed E-state index contributed by atoms with van der Waals surface area (Å²) >= 11 is 0. The maximum Gasteiger partial charge on any atom is 0.410 e. The van der Waals surface area contributed by atoms with E-state index in [2.05, 4.69) is 25.0 Å². The summed E-state index contributed by atoms with van der Waals surface area (Å²) in [6, 6.07) is 16.6. The molecule has 2 aromatic carbocycles. The number of likely N-dealkylation sites (tertiary alicyclic amines) is 1. The number of nitrogens with zero attached hydrogens (tertiary/aromatic N) is 4. The quantitative estimate of drug-likeness (QED) is 0.208. The van der Waals surface area contributed by atoms with Crippen LogP contribution in [0.2, 0.25) is 0 Å². The van der Waals surface area contributed by atoms with Gasteiger partial charge in [0.25, 0.3) is 0 Å². The van der Waals surface area contributed by atoms with Crippen molar-refractivity contribution in [2.75, 3.05) is 23.1 Å². The summed E-state index contributed by atoms with van der Waals surface area (Å²) in [5.41, 5.74) is 0.989. The first-order chi connectivity index (χ1) is 21.9. The lowest BCUT2D eigenvalue weighted by Crippen LogP contribution is -2.47. The molecule has 0 radical (unpaired) electrons. The van der Waals surface area contributed by atoms with Crippen LogP contribution in [0.15, 0.2) is 73.1 Å². The highest BCUT2D eigenvalue weighted by Gasteiger charge is 2.28. The number of pyridine rings is 1. The lowest BCUT2D eigenvalue weighted by molar-refractivity contribution is 0.0206. The van der Waals surface area contributed by atoms with Crippen molar-refractivity contribution in [3.8, 4) is 22.9 Å². The maximum absolute atomic E-state index is 15.4. The van der Waals surface area contributed by atoms with Crippen molar-refractivity contribution in [2.24, 2.45) is 0 Å². The Bertz CT molecular complexity index is 1800. The average Bonchev–Trinajstić information content (AvgIpc) is 3.01. The van der Waals surface area contributed by atoms with Gasteiger partial charge < -0.3 is 19.7 Å². The van der Waals surface area contributed by atoms with E-state index in [4.69, 9.17) is 9.47 Å². The molecule has 0 spiro atoms. The van der Waals surface area contributed by atoms with Crippen molar-refractivity contribution in [3.05, 3.63) is 90.0 Å². The number of halogens is 1. The standard InChI is InChI=1S/C33H37FN6O5S/c1-22-28(15-14-27(29(22)34)39-46(42,43)21-23-10-6-5-7-11-23)44-30-25(13-8-17-35-30)26-16-18-36-31(38-26)37-24-12-9-19-40(20-24)32(41)45-33(2,3)4/h5-8,10-11,13-18,24,39H,9,12,19-21H2,1-4H3,(H,36,37,38). The smallest absolute Gasteiger partial charge is 0.410 e. The number of benzene rings is 2. The van der Waals surface area contributed by atoms with Crippen LogP contribution in [0.5, 0.6) is 11.6 Å². The van der Waals surface area contributed by atoms with E-state index < -0.39 is 21.4 Å². The van der Waals surface area contributed by atoms with Crippen LogP contribution in [0.4, 0.5) is 20.8 Å². The number of piperidine rings is 1. The molecule has 1 fully saturated rings. The molecule has 1 unspecified atom stereocenters. The van der Waals surface area contributed by atoms with Crippen LogP contribution in [-0.2, 0) is 20.5 Å². The molecule has 1 atom stereocenters. The third kappa shape index (κ3) is 8.47. The number of carbonyl (C=O) groups is 1. The van der Waals surface area contributed by atoms with E-state index >= 15 is 4.39 Å². The summed E-state index contributed by atoms with van der Waals surface area (Å²) < 4.78 is 54.7. The van der Waals surface area contributed by atoms with Crippen molar-refractivity contribution in [2.45, 2.75) is 57.9 Å². The summed E-state index contributed by atoms with van der Waals surface area (Å²) in [6.07, 6.45) is 4.44. The summed E-state index contributed by atoms with van der Waals surface area (Å²) in [7, 11) is -3.86. The Morgan fingerprint density at radius 2 is 1.83 bits per heavy atom. The fourth-order valence-electron chi connectivity index (χ4n) is 4.97. The topological polar surface area (TPSA) is 136 Å². The van der Waals surface area contributed by atoms with Gasteiger partial charge in [0.1, 0.15) is 11.4 Å². The molecule has 0 aliphatic carbocycles. The van der Waals surface area contributed by atoms with E-state index in [-0.39, 0.29) is 40.8 Å². The molecular weight excluding hydrogens is 611 g/mol. The molecule has 5 rings (SSSR count). The van der Waals surface area contributed by atoms with Gasteiger partial charge in [0.2, 0.25) is 21.9 Å². The van der Waals surface area contributed by atoms with E-state index in [1.807, 2.05) is 20.8 Å². The minimum absolute atomic E-state index is 0.0737. The number of rotatable bonds is 9. The minimum atomic E-state index is -3.86. The van der Waals surface area contributed by atoms with Gasteiger partial charge in [-0.1, -0.05) is 30.3 Å². The molecular formula is C33H37FN6O5S. The fraction of sp³-hybridized carbons (Fsp3) is 0.333. The van der Waals surface area contributed by atoms with Gasteiger partial charge in [-0.25, -0.2) is 32.6 Å². The van der Waals surface area contributed by atoms with E-state index in [0.717, 1.165) is 12.8 Å². The molecule has 2 aromatic heterocycles. The summed E-state index contributed by atoms with van der Waals surface area (Å²) in [5.74, 6) is -0.327. The van der Waals surface area contributed by atoms with Gasteiger partial charge >= 0.3 is 6.09 Å². The van der Waals surface area contributed by atoms with Crippen LogP contribution >= 0.6 is 0 Å². The molecule has 3 heterocycles. The molecule has 46 heavy (non-hydrogen) atoms. The molecule has 0 saturated carbocycles. The number of carbonyl (C=O) groups excluding carboxylic acids is 1. The van der Waals surface area contributed by atoms with E-state index in [9.17, 15) is 13.2 Å². The van der Waals surface area contributed by atoms with Gasteiger partial charge in [-0.2, -0.15) is 0 Å². The number of nitrogens with one attached hydrogen (secondary N) is 2. The fourth-order valence-corrected chi connectivity index (χ4v) is 6.17. The molecule has 2 N–H and O–H groups in total. The molecule has 0 bridgehead atoms. The van der Waals surface area contributed by atoms with Crippen molar-refractivity contribution in [3.63, 3.8) is 0 Å². The van der Waals surface area contributed by atoms with Crippen LogP contribution in [0.1, 0.15) is 44.7 Å². The van der Waals surface area contributed by atoms with Crippen LogP contribution in [0, 0.1) is 12.7 Å². The zero-order valence-corrected chi connectivity index (χ0v) is 27.0. The molecule has 1 aliphatic heterocycles. The molecule has 1 amide bonds. The number of ether oxygens (including phenoxy) is 2. The number of aromatic nitrogens is 3. The Morgan fingerprint density at radius 1 is 1.04 bits per heavy atom. The highest BCUT2D eigenvalue weighted by atomic mass is 32.2. The predicted molar refractivity (Wildman–Crippen MR) is 174 cm³/mol. The van der Waals surface area contributed by atoms with Gasteiger partial charge in [-0.15, -0.1) is 0 Å². The third-order valence-electron chi connectivity index (χ3n) is 7.12. The Labute approximate surface area is 268 Å². The lowest BCUT2D eigenvalue weighted by atomic mass is 10.1. The number of amides is 1. The second kappa shape index (κ2) is 13.7. The molecule has 4 aromatic rings. The monoisotopic (exact) mass is 648 g/mol. The van der Waals surface area contributed by atoms with Gasteiger partial charge in [-0.05, 0) is 76.4 Å². The first-order valence-corrected chi connectivity index (χ1v) is 16.6. The molecule has 13 heteroatoms. The summed E-state index contributed by atoms with van der Waals surface area (Å²) in [4.78, 5) is 27.7. The van der Waals surface area contributed by atoms with Crippen LogP contribution in [0.3, 0.4) is 0 Å². The Morgan fingerprint density at radius 3 is 2.59 bits per heavy atom. The summed E-state index contributed by atoms with van der Waals surface area (Å²) in [5, 5.41) is 3.33. The second-order valence-electron chi connectivity index (χ2n) is 12.0. The first-order valence-electron chi connectivity index (χ1n) is 14.9. The number of anilines is 2. The Kier molecular flexibility index (Phi) is 9.71. The molecule has 11 nitrogen and oxygen atoms in total. The van der Waals surface area contributed by atoms with E-state index in [0.29, 0.717) is 35.9 Å². The number of hydrogen-bond donors (Lipinski definition) is 2. The SMILES string of the molecule is Cc1c(Oc2ncccc2-c2ccnc(NC3CCCN(C(=O)OC(C)(C)C)C3)n2)ccc(NS(=O)(=O)Cc2ccccc2)c1F. The second-order valence-corrected chi connectivity index (χ2v) is 13.8. The number of hydrogen-bond acceptors (Lipinski definition) is 9.